The number of benzene rings is 1. The highest BCUT2D eigenvalue weighted by Gasteiger charge is 2.46. The van der Waals surface area contributed by atoms with E-state index in [9.17, 15) is 0 Å². The summed E-state index contributed by atoms with van der Waals surface area (Å²) in [7, 11) is 0. The first-order valence-electron chi connectivity index (χ1n) is 8.40. The zero-order valence-electron chi connectivity index (χ0n) is 14.0. The number of rotatable bonds is 4. The molecule has 2 aliphatic heterocycles. The zero-order valence-corrected chi connectivity index (χ0v) is 14.0. The number of allylic oxidation sites excluding steroid dienone is 1. The molecule has 24 heavy (non-hydrogen) atoms. The fourth-order valence-electron chi connectivity index (χ4n) is 3.77. The average molecular weight is 333 g/mol. The van der Waals surface area contributed by atoms with Crippen molar-refractivity contribution in [3.8, 4) is 11.5 Å². The SMILES string of the molecule is CC1(C)O[C@H]2C[C@@H](CCNO)C=C(c3ccc4c(c3)OCO4)[C@H]2O1. The first kappa shape index (κ1) is 15.9. The third kappa shape index (κ3) is 2.91. The molecule has 0 bridgehead atoms. The van der Waals surface area contributed by atoms with Gasteiger partial charge in [0.2, 0.25) is 6.79 Å². The van der Waals surface area contributed by atoms with Crippen LogP contribution in [-0.2, 0) is 9.47 Å². The van der Waals surface area contributed by atoms with Crippen molar-refractivity contribution in [2.45, 2.75) is 44.7 Å². The van der Waals surface area contributed by atoms with Crippen LogP contribution in [0.15, 0.2) is 24.3 Å². The van der Waals surface area contributed by atoms with Crippen LogP contribution in [0.4, 0.5) is 0 Å². The Morgan fingerprint density at radius 1 is 1.21 bits per heavy atom. The number of hydroxylamine groups is 1. The van der Waals surface area contributed by atoms with Crippen LogP contribution in [0.1, 0.15) is 32.3 Å². The maximum absolute atomic E-state index is 8.90. The molecule has 0 unspecified atom stereocenters. The van der Waals surface area contributed by atoms with Gasteiger partial charge in [0.05, 0.1) is 6.10 Å². The lowest BCUT2D eigenvalue weighted by Gasteiger charge is -2.29. The van der Waals surface area contributed by atoms with Crippen LogP contribution in [0.2, 0.25) is 0 Å². The summed E-state index contributed by atoms with van der Waals surface area (Å²) < 4.78 is 23.2. The molecule has 3 aliphatic rings. The topological polar surface area (TPSA) is 69.2 Å². The van der Waals surface area contributed by atoms with Crippen LogP contribution in [0.3, 0.4) is 0 Å². The molecule has 4 rings (SSSR count). The van der Waals surface area contributed by atoms with Crippen molar-refractivity contribution in [2.24, 2.45) is 5.92 Å². The highest BCUT2D eigenvalue weighted by atomic mass is 16.8. The highest BCUT2D eigenvalue weighted by Crippen LogP contribution is 2.45. The van der Waals surface area contributed by atoms with Crippen molar-refractivity contribution in [3.63, 3.8) is 0 Å². The lowest BCUT2D eigenvalue weighted by atomic mass is 9.82. The summed E-state index contributed by atoms with van der Waals surface area (Å²) in [4.78, 5) is 0. The quantitative estimate of drug-likeness (QED) is 0.826. The standard InChI is InChI=1S/C18H23NO5/c1-18(2)23-16-8-11(5-6-19-20)7-13(17(16)24-18)12-3-4-14-15(9-12)22-10-21-14/h3-4,7,9,11,16-17,19-20H,5-6,8,10H2,1-2H3/t11-,16-,17+/m0/s1. The molecule has 0 amide bonds. The van der Waals surface area contributed by atoms with E-state index in [-0.39, 0.29) is 19.0 Å². The van der Waals surface area contributed by atoms with Crippen LogP contribution < -0.4 is 15.0 Å². The summed E-state index contributed by atoms with van der Waals surface area (Å²) in [5.74, 6) is 1.28. The summed E-state index contributed by atoms with van der Waals surface area (Å²) in [5, 5.41) is 8.90. The Bertz CT molecular complexity index is 657. The monoisotopic (exact) mass is 333 g/mol. The minimum atomic E-state index is -0.588. The van der Waals surface area contributed by atoms with Crippen molar-refractivity contribution in [2.75, 3.05) is 13.3 Å². The molecule has 2 N–H and O–H groups in total. The Morgan fingerprint density at radius 2 is 2.04 bits per heavy atom. The van der Waals surface area contributed by atoms with Gasteiger partial charge in [-0.05, 0) is 55.9 Å². The number of nitrogens with one attached hydrogen (secondary N) is 1. The van der Waals surface area contributed by atoms with Gasteiger partial charge in [0.1, 0.15) is 6.10 Å². The van der Waals surface area contributed by atoms with Gasteiger partial charge in [0.25, 0.3) is 0 Å². The molecule has 130 valence electrons. The van der Waals surface area contributed by atoms with Gasteiger partial charge in [-0.25, -0.2) is 5.48 Å². The Kier molecular flexibility index (Phi) is 4.00. The van der Waals surface area contributed by atoms with E-state index in [1.165, 1.54) is 0 Å². The molecule has 2 heterocycles. The second-order valence-electron chi connectivity index (χ2n) is 6.98. The second kappa shape index (κ2) is 6.04. The molecule has 0 radical (unpaired) electrons. The Balaban J connectivity index is 1.67. The predicted molar refractivity (Wildman–Crippen MR) is 86.9 cm³/mol. The summed E-state index contributed by atoms with van der Waals surface area (Å²) in [6.07, 6.45) is 3.93. The minimum absolute atomic E-state index is 0.0223. The normalized spacial score (nSPS) is 30.1. The van der Waals surface area contributed by atoms with E-state index in [4.69, 9.17) is 24.2 Å². The van der Waals surface area contributed by atoms with Crippen LogP contribution in [-0.4, -0.2) is 36.5 Å². The number of hydrogen-bond donors (Lipinski definition) is 2. The van der Waals surface area contributed by atoms with Crippen molar-refractivity contribution in [1.82, 2.24) is 5.48 Å². The van der Waals surface area contributed by atoms with E-state index < -0.39 is 5.79 Å². The molecule has 0 aromatic heterocycles. The summed E-state index contributed by atoms with van der Waals surface area (Å²) >= 11 is 0. The van der Waals surface area contributed by atoms with E-state index in [1.807, 2.05) is 32.0 Å². The first-order chi connectivity index (χ1) is 11.6. The van der Waals surface area contributed by atoms with Crippen molar-refractivity contribution < 1.29 is 24.2 Å². The summed E-state index contributed by atoms with van der Waals surface area (Å²) in [5.41, 5.74) is 4.43. The predicted octanol–water partition coefficient (Wildman–Crippen LogP) is 2.71. The van der Waals surface area contributed by atoms with E-state index in [0.717, 1.165) is 35.5 Å². The van der Waals surface area contributed by atoms with Gasteiger partial charge < -0.3 is 24.2 Å². The van der Waals surface area contributed by atoms with Gasteiger partial charge >= 0.3 is 0 Å². The highest BCUT2D eigenvalue weighted by molar-refractivity contribution is 5.73. The first-order valence-corrected chi connectivity index (χ1v) is 8.40. The third-order valence-electron chi connectivity index (χ3n) is 4.77. The van der Waals surface area contributed by atoms with Crippen LogP contribution >= 0.6 is 0 Å². The maximum Gasteiger partial charge on any atom is 0.231 e. The molecule has 1 aliphatic carbocycles. The summed E-state index contributed by atoms with van der Waals surface area (Å²) in [6, 6.07) is 5.98. The molecule has 3 atom stereocenters. The zero-order chi connectivity index (χ0) is 16.7. The van der Waals surface area contributed by atoms with Crippen molar-refractivity contribution >= 4 is 5.57 Å². The molecule has 1 aromatic rings. The number of hydrogen-bond acceptors (Lipinski definition) is 6. The van der Waals surface area contributed by atoms with E-state index in [2.05, 4.69) is 11.6 Å². The molecule has 1 fully saturated rings. The van der Waals surface area contributed by atoms with E-state index >= 15 is 0 Å². The van der Waals surface area contributed by atoms with Crippen LogP contribution in [0.5, 0.6) is 11.5 Å². The molecule has 6 heteroatoms. The number of fused-ring (bicyclic) bond motifs is 2. The third-order valence-corrected chi connectivity index (χ3v) is 4.77. The van der Waals surface area contributed by atoms with Gasteiger partial charge in [-0.3, -0.25) is 0 Å². The molecular formula is C18H23NO5. The van der Waals surface area contributed by atoms with Crippen molar-refractivity contribution in [3.05, 3.63) is 29.8 Å². The van der Waals surface area contributed by atoms with Gasteiger partial charge in [-0.15, -0.1) is 0 Å². The van der Waals surface area contributed by atoms with E-state index in [1.54, 1.807) is 0 Å². The lowest BCUT2D eigenvalue weighted by Crippen LogP contribution is -2.31. The van der Waals surface area contributed by atoms with E-state index in [0.29, 0.717) is 12.5 Å². The van der Waals surface area contributed by atoms with Gasteiger partial charge in [-0.1, -0.05) is 12.1 Å². The average Bonchev–Trinajstić information content (AvgIpc) is 3.13. The minimum Gasteiger partial charge on any atom is -0.454 e. The molecule has 0 spiro atoms. The molecular weight excluding hydrogens is 310 g/mol. The molecule has 1 saturated heterocycles. The fraction of sp³-hybridized carbons (Fsp3) is 0.556. The second-order valence-corrected chi connectivity index (χ2v) is 6.98. The lowest BCUT2D eigenvalue weighted by molar-refractivity contribution is -0.143. The van der Waals surface area contributed by atoms with Crippen molar-refractivity contribution in [1.29, 1.82) is 0 Å². The van der Waals surface area contributed by atoms with Gasteiger partial charge in [0, 0.05) is 6.54 Å². The Labute approximate surface area is 141 Å². The van der Waals surface area contributed by atoms with Gasteiger partial charge in [0.15, 0.2) is 17.3 Å². The van der Waals surface area contributed by atoms with Crippen LogP contribution in [0.25, 0.3) is 5.57 Å². The molecule has 6 nitrogen and oxygen atoms in total. The number of ether oxygens (including phenoxy) is 4. The van der Waals surface area contributed by atoms with Crippen LogP contribution in [0, 0.1) is 5.92 Å². The fourth-order valence-corrected chi connectivity index (χ4v) is 3.77. The molecule has 0 saturated carbocycles. The maximum atomic E-state index is 8.90. The summed E-state index contributed by atoms with van der Waals surface area (Å²) in [6.45, 7) is 4.72. The largest absolute Gasteiger partial charge is 0.454 e. The van der Waals surface area contributed by atoms with Gasteiger partial charge in [-0.2, -0.15) is 0 Å². The molecule has 1 aromatic carbocycles. The Hall–Kier alpha value is -1.60. The smallest absolute Gasteiger partial charge is 0.231 e. The Morgan fingerprint density at radius 3 is 2.88 bits per heavy atom.